The fourth-order valence-electron chi connectivity index (χ4n) is 4.19. The second-order valence-electron chi connectivity index (χ2n) is 8.09. The van der Waals surface area contributed by atoms with E-state index in [4.69, 9.17) is 4.74 Å². The quantitative estimate of drug-likeness (QED) is 0.443. The number of carbonyl (C=O) groups excluding carboxylic acids is 1. The van der Waals surface area contributed by atoms with Gasteiger partial charge in [0.05, 0.1) is 6.54 Å². The summed E-state index contributed by atoms with van der Waals surface area (Å²) in [6.45, 7) is 2.49. The van der Waals surface area contributed by atoms with E-state index < -0.39 is 0 Å². The van der Waals surface area contributed by atoms with E-state index in [2.05, 4.69) is 37.6 Å². The second-order valence-corrected chi connectivity index (χ2v) is 8.09. The van der Waals surface area contributed by atoms with Gasteiger partial charge in [-0.3, -0.25) is 4.79 Å². The summed E-state index contributed by atoms with van der Waals surface area (Å²) >= 11 is 0. The third kappa shape index (κ3) is 4.79. The Hall–Kier alpha value is -3.94. The lowest BCUT2D eigenvalue weighted by Gasteiger charge is -2.32. The fraction of sp³-hybridized carbons (Fsp3) is 0.280. The lowest BCUT2D eigenvalue weighted by Crippen LogP contribution is -2.41. The molecular weight excluding hydrogens is 416 g/mol. The smallest absolute Gasteiger partial charge is 0.223 e. The van der Waals surface area contributed by atoms with Gasteiger partial charge in [0, 0.05) is 24.6 Å². The van der Waals surface area contributed by atoms with E-state index in [9.17, 15) is 4.79 Å². The first-order valence-corrected chi connectivity index (χ1v) is 11.2. The van der Waals surface area contributed by atoms with Gasteiger partial charge < -0.3 is 15.0 Å². The molecule has 0 bridgehead atoms. The first-order valence-electron chi connectivity index (χ1n) is 11.2. The van der Waals surface area contributed by atoms with Crippen LogP contribution in [0.15, 0.2) is 73.1 Å². The Morgan fingerprint density at radius 3 is 2.64 bits per heavy atom. The molecule has 1 amide bonds. The molecule has 0 spiro atoms. The number of anilines is 1. The van der Waals surface area contributed by atoms with Crippen LogP contribution in [0.1, 0.15) is 12.8 Å². The molecule has 0 atom stereocenters. The van der Waals surface area contributed by atoms with Gasteiger partial charge in [-0.2, -0.15) is 4.52 Å². The van der Waals surface area contributed by atoms with Crippen LogP contribution in [0.4, 0.5) is 5.82 Å². The number of amides is 1. The highest BCUT2D eigenvalue weighted by Crippen LogP contribution is 2.29. The molecule has 1 aliphatic rings. The minimum absolute atomic E-state index is 0.0106. The number of benzene rings is 2. The molecule has 2 aromatic carbocycles. The van der Waals surface area contributed by atoms with E-state index in [0.29, 0.717) is 13.2 Å². The first-order chi connectivity index (χ1) is 16.3. The highest BCUT2D eigenvalue weighted by molar-refractivity contribution is 5.79. The number of carbonyl (C=O) groups is 1. The summed E-state index contributed by atoms with van der Waals surface area (Å²) in [7, 11) is 0. The van der Waals surface area contributed by atoms with E-state index in [1.807, 2.05) is 54.6 Å². The monoisotopic (exact) mass is 442 g/mol. The van der Waals surface area contributed by atoms with Gasteiger partial charge in [0.15, 0.2) is 5.65 Å². The molecule has 1 aliphatic heterocycles. The maximum absolute atomic E-state index is 12.7. The average molecular weight is 443 g/mol. The predicted octanol–water partition coefficient (Wildman–Crippen LogP) is 3.20. The second kappa shape index (κ2) is 9.68. The Balaban J connectivity index is 1.09. The summed E-state index contributed by atoms with van der Waals surface area (Å²) in [6, 6.07) is 22.0. The van der Waals surface area contributed by atoms with Crippen molar-refractivity contribution in [3.8, 4) is 16.9 Å². The molecule has 1 fully saturated rings. The molecule has 0 unspecified atom stereocenters. The van der Waals surface area contributed by atoms with Crippen molar-refractivity contribution in [2.24, 2.45) is 5.92 Å². The van der Waals surface area contributed by atoms with Crippen LogP contribution in [-0.4, -0.2) is 52.0 Å². The highest BCUT2D eigenvalue weighted by Gasteiger charge is 2.25. The van der Waals surface area contributed by atoms with Crippen LogP contribution < -0.4 is 15.0 Å². The Kier molecular flexibility index (Phi) is 6.14. The molecule has 0 aliphatic carbocycles. The number of nitrogens with zero attached hydrogens (tertiary/aromatic N) is 5. The Bertz CT molecular complexity index is 1220. The van der Waals surface area contributed by atoms with Gasteiger partial charge in [-0.25, -0.2) is 0 Å². The third-order valence-corrected chi connectivity index (χ3v) is 5.97. The van der Waals surface area contributed by atoms with Crippen LogP contribution in [0.5, 0.6) is 5.75 Å². The number of aromatic nitrogens is 4. The van der Waals surface area contributed by atoms with E-state index in [1.54, 1.807) is 10.8 Å². The summed E-state index contributed by atoms with van der Waals surface area (Å²) in [6.07, 6.45) is 3.19. The minimum Gasteiger partial charge on any atom is -0.491 e. The van der Waals surface area contributed by atoms with Crippen LogP contribution in [0.2, 0.25) is 0 Å². The summed E-state index contributed by atoms with van der Waals surface area (Å²) in [5.41, 5.74) is 2.89. The molecule has 2 aromatic heterocycles. The van der Waals surface area contributed by atoms with Crippen LogP contribution in [0.3, 0.4) is 0 Å². The Morgan fingerprint density at radius 1 is 1.00 bits per heavy atom. The van der Waals surface area contributed by atoms with Crippen molar-refractivity contribution in [1.29, 1.82) is 0 Å². The van der Waals surface area contributed by atoms with Gasteiger partial charge in [0.25, 0.3) is 0 Å². The Labute approximate surface area is 192 Å². The predicted molar refractivity (Wildman–Crippen MR) is 126 cm³/mol. The van der Waals surface area contributed by atoms with Crippen LogP contribution in [0, 0.1) is 5.92 Å². The zero-order valence-electron chi connectivity index (χ0n) is 18.3. The number of hydrogen-bond donors (Lipinski definition) is 1. The first kappa shape index (κ1) is 20.9. The topological polar surface area (TPSA) is 84.6 Å². The maximum Gasteiger partial charge on any atom is 0.223 e. The largest absolute Gasteiger partial charge is 0.491 e. The molecular formula is C25H26N6O2. The molecule has 5 rings (SSSR count). The molecule has 0 saturated carbocycles. The van der Waals surface area contributed by atoms with Crippen molar-refractivity contribution in [3.63, 3.8) is 0 Å². The number of hydrogen-bond acceptors (Lipinski definition) is 6. The Morgan fingerprint density at radius 2 is 1.79 bits per heavy atom. The van der Waals surface area contributed by atoms with Crippen molar-refractivity contribution in [2.75, 3.05) is 31.1 Å². The van der Waals surface area contributed by atoms with Crippen molar-refractivity contribution >= 4 is 17.4 Å². The highest BCUT2D eigenvalue weighted by atomic mass is 16.5. The molecule has 1 saturated heterocycles. The SMILES string of the molecule is O=C(NCCOc1ccccc1-c1ccccc1)C1CCN(c2ccc3nncn3n2)CC1. The molecule has 8 nitrogen and oxygen atoms in total. The van der Waals surface area contributed by atoms with E-state index >= 15 is 0 Å². The van der Waals surface area contributed by atoms with Crippen LogP contribution in [0.25, 0.3) is 16.8 Å². The summed E-state index contributed by atoms with van der Waals surface area (Å²) in [4.78, 5) is 14.9. The van der Waals surface area contributed by atoms with E-state index in [-0.39, 0.29) is 11.8 Å². The van der Waals surface area contributed by atoms with Gasteiger partial charge in [0.2, 0.25) is 5.91 Å². The summed E-state index contributed by atoms with van der Waals surface area (Å²) in [5, 5.41) is 15.4. The molecule has 168 valence electrons. The van der Waals surface area contributed by atoms with Crippen LogP contribution in [-0.2, 0) is 4.79 Å². The zero-order valence-corrected chi connectivity index (χ0v) is 18.3. The fourth-order valence-corrected chi connectivity index (χ4v) is 4.19. The number of piperidine rings is 1. The number of ether oxygens (including phenoxy) is 1. The van der Waals surface area contributed by atoms with Gasteiger partial charge in [-0.1, -0.05) is 48.5 Å². The lowest BCUT2D eigenvalue weighted by molar-refractivity contribution is -0.125. The third-order valence-electron chi connectivity index (χ3n) is 5.97. The van der Waals surface area contributed by atoms with Crippen molar-refractivity contribution in [2.45, 2.75) is 12.8 Å². The molecule has 0 radical (unpaired) electrons. The number of fused-ring (bicyclic) bond motifs is 1. The van der Waals surface area contributed by atoms with Crippen molar-refractivity contribution in [3.05, 3.63) is 73.1 Å². The number of rotatable bonds is 7. The van der Waals surface area contributed by atoms with Crippen molar-refractivity contribution in [1.82, 2.24) is 25.1 Å². The van der Waals surface area contributed by atoms with Gasteiger partial charge in [-0.05, 0) is 36.6 Å². The summed E-state index contributed by atoms with van der Waals surface area (Å²) < 4.78 is 7.66. The van der Waals surface area contributed by atoms with Crippen LogP contribution >= 0.6 is 0 Å². The minimum atomic E-state index is 0.0106. The standard InChI is InChI=1S/C25H26N6O2/c32-25(20-12-15-30(16-13-20)24-11-10-23-28-27-18-31(23)29-24)26-14-17-33-22-9-5-4-8-21(22)19-6-2-1-3-7-19/h1-11,18,20H,12-17H2,(H,26,32). The summed E-state index contributed by atoms with van der Waals surface area (Å²) in [5.74, 6) is 1.81. The zero-order chi connectivity index (χ0) is 22.5. The van der Waals surface area contributed by atoms with Gasteiger partial charge in [-0.15, -0.1) is 15.3 Å². The molecule has 4 aromatic rings. The van der Waals surface area contributed by atoms with E-state index in [1.165, 1.54) is 0 Å². The number of nitrogens with one attached hydrogen (secondary N) is 1. The van der Waals surface area contributed by atoms with Crippen molar-refractivity contribution < 1.29 is 9.53 Å². The average Bonchev–Trinajstić information content (AvgIpc) is 3.35. The number of para-hydroxylation sites is 1. The molecule has 8 heteroatoms. The van der Waals surface area contributed by atoms with Gasteiger partial charge >= 0.3 is 0 Å². The van der Waals surface area contributed by atoms with E-state index in [0.717, 1.165) is 54.3 Å². The van der Waals surface area contributed by atoms with Gasteiger partial charge in [0.1, 0.15) is 24.5 Å². The maximum atomic E-state index is 12.7. The molecule has 3 heterocycles. The molecule has 33 heavy (non-hydrogen) atoms. The normalized spacial score (nSPS) is 14.4. The molecule has 1 N–H and O–H groups in total. The lowest BCUT2D eigenvalue weighted by atomic mass is 9.96.